The lowest BCUT2D eigenvalue weighted by Gasteiger charge is -2.26. The summed E-state index contributed by atoms with van der Waals surface area (Å²) in [5.41, 5.74) is 1.34. The van der Waals surface area contributed by atoms with Crippen molar-refractivity contribution in [2.75, 3.05) is 18.0 Å². The van der Waals surface area contributed by atoms with E-state index < -0.39 is 5.54 Å². The lowest BCUT2D eigenvalue weighted by atomic mass is 9.98. The van der Waals surface area contributed by atoms with Crippen LogP contribution < -0.4 is 10.2 Å². The number of aromatic nitrogens is 4. The van der Waals surface area contributed by atoms with Gasteiger partial charge < -0.3 is 14.7 Å². The smallest absolute Gasteiger partial charge is 0.254 e. The summed E-state index contributed by atoms with van der Waals surface area (Å²) in [6.45, 7) is 8.64. The summed E-state index contributed by atoms with van der Waals surface area (Å²) in [5.74, 6) is 1.55. The zero-order valence-electron chi connectivity index (χ0n) is 15.2. The predicted octanol–water partition coefficient (Wildman–Crippen LogP) is 1.53. The molecule has 1 N–H and O–H groups in total. The van der Waals surface area contributed by atoms with Gasteiger partial charge in [0.15, 0.2) is 5.82 Å². The predicted molar refractivity (Wildman–Crippen MR) is 92.1 cm³/mol. The van der Waals surface area contributed by atoms with Crippen molar-refractivity contribution in [1.29, 1.82) is 0 Å². The van der Waals surface area contributed by atoms with Crippen molar-refractivity contribution in [2.45, 2.75) is 52.5 Å². The minimum atomic E-state index is -0.703. The van der Waals surface area contributed by atoms with E-state index in [0.29, 0.717) is 37.2 Å². The third kappa shape index (κ3) is 3.47. The molecule has 0 saturated carbocycles. The van der Waals surface area contributed by atoms with Gasteiger partial charge in [-0.15, -0.1) is 0 Å². The van der Waals surface area contributed by atoms with E-state index in [9.17, 15) is 4.79 Å². The quantitative estimate of drug-likeness (QED) is 0.878. The second kappa shape index (κ2) is 6.78. The summed E-state index contributed by atoms with van der Waals surface area (Å²) in [6.07, 6.45) is 2.38. The molecule has 1 aliphatic rings. The highest BCUT2D eigenvalue weighted by atomic mass is 16.5. The second-order valence-corrected chi connectivity index (χ2v) is 6.44. The maximum Gasteiger partial charge on any atom is 0.254 e. The van der Waals surface area contributed by atoms with E-state index in [-0.39, 0.29) is 5.91 Å². The van der Waals surface area contributed by atoms with Gasteiger partial charge in [-0.25, -0.2) is 9.97 Å². The fraction of sp³-hybridized carbons (Fsp3) is 0.588. The van der Waals surface area contributed by atoms with Gasteiger partial charge in [-0.3, -0.25) is 4.79 Å². The van der Waals surface area contributed by atoms with E-state index in [0.717, 1.165) is 24.2 Å². The molecule has 3 heterocycles. The highest BCUT2D eigenvalue weighted by Crippen LogP contribution is 2.33. The minimum Gasteiger partial charge on any atom is -0.340 e. The van der Waals surface area contributed by atoms with E-state index in [4.69, 9.17) is 4.52 Å². The maximum absolute atomic E-state index is 11.8. The molecule has 1 unspecified atom stereocenters. The van der Waals surface area contributed by atoms with Crippen molar-refractivity contribution < 1.29 is 9.32 Å². The summed E-state index contributed by atoms with van der Waals surface area (Å²) < 4.78 is 5.38. The molecule has 25 heavy (non-hydrogen) atoms. The fourth-order valence-electron chi connectivity index (χ4n) is 3.18. The van der Waals surface area contributed by atoms with Crippen LogP contribution in [0.25, 0.3) is 0 Å². The zero-order valence-corrected chi connectivity index (χ0v) is 15.2. The van der Waals surface area contributed by atoms with Gasteiger partial charge in [-0.05, 0) is 32.3 Å². The van der Waals surface area contributed by atoms with Crippen LogP contribution in [-0.2, 0) is 23.2 Å². The van der Waals surface area contributed by atoms with Gasteiger partial charge >= 0.3 is 0 Å². The third-order valence-corrected chi connectivity index (χ3v) is 4.45. The monoisotopic (exact) mass is 344 g/mol. The normalized spacial score (nSPS) is 20.1. The SMILES string of the molecule is CCc1cc(CC)nc(N2CCC(NC(C)=O)(c3nc(C)no3)C2)n1. The molecule has 2 aromatic heterocycles. The number of aryl methyl sites for hydroxylation is 3. The first-order chi connectivity index (χ1) is 12.0. The standard InChI is InChI=1S/C17H24N6O2/c1-5-13-9-14(6-2)20-16(19-13)23-8-7-17(10-23,21-12(4)24)15-18-11(3)22-25-15/h9H,5-8,10H2,1-4H3,(H,21,24). The van der Waals surface area contributed by atoms with E-state index in [2.05, 4.69) is 44.2 Å². The van der Waals surface area contributed by atoms with Crippen molar-refractivity contribution in [3.05, 3.63) is 29.2 Å². The molecule has 0 spiro atoms. The molecule has 2 aromatic rings. The Morgan fingerprint density at radius 3 is 2.48 bits per heavy atom. The third-order valence-electron chi connectivity index (χ3n) is 4.45. The number of nitrogens with one attached hydrogen (secondary N) is 1. The number of rotatable bonds is 5. The van der Waals surface area contributed by atoms with E-state index in [1.165, 1.54) is 6.92 Å². The molecule has 134 valence electrons. The number of carbonyl (C=O) groups excluding carboxylic acids is 1. The first-order valence-electron chi connectivity index (χ1n) is 8.67. The first kappa shape index (κ1) is 17.3. The van der Waals surface area contributed by atoms with Crippen molar-refractivity contribution in [2.24, 2.45) is 0 Å². The van der Waals surface area contributed by atoms with E-state index >= 15 is 0 Å². The number of anilines is 1. The van der Waals surface area contributed by atoms with Crippen molar-refractivity contribution in [1.82, 2.24) is 25.4 Å². The Hall–Kier alpha value is -2.51. The molecule has 0 bridgehead atoms. The molecular formula is C17H24N6O2. The molecule has 0 aliphatic carbocycles. The fourth-order valence-corrected chi connectivity index (χ4v) is 3.18. The van der Waals surface area contributed by atoms with E-state index in [1.54, 1.807) is 6.92 Å². The molecule has 1 atom stereocenters. The summed E-state index contributed by atoms with van der Waals surface area (Å²) >= 11 is 0. The van der Waals surface area contributed by atoms with Gasteiger partial charge in [-0.1, -0.05) is 19.0 Å². The molecule has 8 nitrogen and oxygen atoms in total. The van der Waals surface area contributed by atoms with Crippen LogP contribution in [0.3, 0.4) is 0 Å². The lowest BCUT2D eigenvalue weighted by Crippen LogP contribution is -2.47. The average molecular weight is 344 g/mol. The summed E-state index contributed by atoms with van der Waals surface area (Å²) in [6, 6.07) is 2.04. The Morgan fingerprint density at radius 1 is 1.28 bits per heavy atom. The van der Waals surface area contributed by atoms with Crippen molar-refractivity contribution in [3.8, 4) is 0 Å². The van der Waals surface area contributed by atoms with Gasteiger partial charge in [0.05, 0.1) is 6.54 Å². The largest absolute Gasteiger partial charge is 0.340 e. The highest BCUT2D eigenvalue weighted by molar-refractivity contribution is 5.74. The molecular weight excluding hydrogens is 320 g/mol. The van der Waals surface area contributed by atoms with Crippen LogP contribution in [0.1, 0.15) is 50.3 Å². The lowest BCUT2D eigenvalue weighted by molar-refractivity contribution is -0.121. The molecule has 0 radical (unpaired) electrons. The summed E-state index contributed by atoms with van der Waals surface area (Å²) in [4.78, 5) is 27.5. The molecule has 1 fully saturated rings. The highest BCUT2D eigenvalue weighted by Gasteiger charge is 2.46. The average Bonchev–Trinajstić information content (AvgIpc) is 3.21. The van der Waals surface area contributed by atoms with Gasteiger partial charge in [0.1, 0.15) is 5.54 Å². The van der Waals surface area contributed by atoms with Crippen LogP contribution in [0.5, 0.6) is 0 Å². The van der Waals surface area contributed by atoms with Gasteiger partial charge in [-0.2, -0.15) is 4.98 Å². The van der Waals surface area contributed by atoms with Crippen LogP contribution in [0.2, 0.25) is 0 Å². The van der Waals surface area contributed by atoms with Gasteiger partial charge in [0.2, 0.25) is 11.9 Å². The second-order valence-electron chi connectivity index (χ2n) is 6.44. The first-order valence-corrected chi connectivity index (χ1v) is 8.67. The zero-order chi connectivity index (χ0) is 18.0. The van der Waals surface area contributed by atoms with Crippen LogP contribution in [-0.4, -0.2) is 39.1 Å². The molecule has 1 amide bonds. The number of hydrogen-bond acceptors (Lipinski definition) is 7. The Labute approximate surface area is 147 Å². The Bertz CT molecular complexity index is 752. The summed E-state index contributed by atoms with van der Waals surface area (Å²) in [5, 5.41) is 6.89. The van der Waals surface area contributed by atoms with Crippen LogP contribution in [0.15, 0.2) is 10.6 Å². The Morgan fingerprint density at radius 2 is 1.96 bits per heavy atom. The van der Waals surface area contributed by atoms with Crippen molar-refractivity contribution >= 4 is 11.9 Å². The van der Waals surface area contributed by atoms with Crippen molar-refractivity contribution in [3.63, 3.8) is 0 Å². The molecule has 0 aromatic carbocycles. The molecule has 8 heteroatoms. The molecule has 1 saturated heterocycles. The van der Waals surface area contributed by atoms with Gasteiger partial charge in [0, 0.05) is 24.9 Å². The number of carbonyl (C=O) groups is 1. The Kier molecular flexibility index (Phi) is 4.69. The number of hydrogen-bond donors (Lipinski definition) is 1. The topological polar surface area (TPSA) is 97.0 Å². The number of nitrogens with zero attached hydrogens (tertiary/aromatic N) is 5. The van der Waals surface area contributed by atoms with Crippen LogP contribution in [0.4, 0.5) is 5.95 Å². The molecule has 3 rings (SSSR count). The minimum absolute atomic E-state index is 0.129. The van der Waals surface area contributed by atoms with Crippen LogP contribution in [0, 0.1) is 6.92 Å². The van der Waals surface area contributed by atoms with E-state index in [1.807, 2.05) is 6.07 Å². The number of amides is 1. The van der Waals surface area contributed by atoms with Crippen LogP contribution >= 0.6 is 0 Å². The maximum atomic E-state index is 11.8. The summed E-state index contributed by atoms with van der Waals surface area (Å²) in [7, 11) is 0. The van der Waals surface area contributed by atoms with Gasteiger partial charge in [0.25, 0.3) is 5.89 Å². The molecule has 1 aliphatic heterocycles. The Balaban J connectivity index is 1.93.